The SMILES string of the molecule is CC[Si](CC)(CC)OC12CCCC=C(C)C1=CCCC2. The van der Waals surface area contributed by atoms with E-state index in [9.17, 15) is 0 Å². The zero-order valence-corrected chi connectivity index (χ0v) is 14.9. The Labute approximate surface area is 126 Å². The number of fused-ring (bicyclic) bond motifs is 1. The van der Waals surface area contributed by atoms with Gasteiger partial charge in [-0.3, -0.25) is 0 Å². The zero-order valence-electron chi connectivity index (χ0n) is 13.9. The van der Waals surface area contributed by atoms with Crippen LogP contribution in [0.25, 0.3) is 0 Å². The molecule has 114 valence electrons. The lowest BCUT2D eigenvalue weighted by molar-refractivity contribution is 0.0693. The third-order valence-corrected chi connectivity index (χ3v) is 10.3. The Balaban J connectivity index is 2.36. The second-order valence-electron chi connectivity index (χ2n) is 6.63. The summed E-state index contributed by atoms with van der Waals surface area (Å²) >= 11 is 0. The summed E-state index contributed by atoms with van der Waals surface area (Å²) in [6.45, 7) is 9.35. The third kappa shape index (κ3) is 2.96. The molecule has 0 radical (unpaired) electrons. The number of allylic oxidation sites excluding steroid dienone is 2. The largest absolute Gasteiger partial charge is 0.407 e. The lowest BCUT2D eigenvalue weighted by atomic mass is 9.78. The van der Waals surface area contributed by atoms with Crippen LogP contribution < -0.4 is 0 Å². The van der Waals surface area contributed by atoms with Crippen LogP contribution in [0.15, 0.2) is 23.3 Å². The van der Waals surface area contributed by atoms with E-state index in [0.29, 0.717) is 0 Å². The van der Waals surface area contributed by atoms with Crippen LogP contribution in [-0.4, -0.2) is 13.9 Å². The van der Waals surface area contributed by atoms with Crippen LogP contribution >= 0.6 is 0 Å². The average Bonchev–Trinajstić information content (AvgIpc) is 2.65. The van der Waals surface area contributed by atoms with Gasteiger partial charge in [0.25, 0.3) is 0 Å². The Bertz CT molecular complexity index is 384. The molecule has 2 aliphatic carbocycles. The van der Waals surface area contributed by atoms with Gasteiger partial charge in [0.15, 0.2) is 8.32 Å². The molecule has 1 nitrogen and oxygen atoms in total. The highest BCUT2D eigenvalue weighted by Crippen LogP contribution is 2.45. The Morgan fingerprint density at radius 3 is 2.10 bits per heavy atom. The molecule has 0 N–H and O–H groups in total. The molecule has 0 aromatic heterocycles. The van der Waals surface area contributed by atoms with Gasteiger partial charge in [-0.2, -0.15) is 0 Å². The van der Waals surface area contributed by atoms with E-state index >= 15 is 0 Å². The van der Waals surface area contributed by atoms with Crippen LogP contribution in [0.2, 0.25) is 18.1 Å². The lowest BCUT2D eigenvalue weighted by Gasteiger charge is -2.46. The third-order valence-electron chi connectivity index (χ3n) is 5.63. The topological polar surface area (TPSA) is 9.23 Å². The molecule has 1 unspecified atom stereocenters. The fourth-order valence-electron chi connectivity index (χ4n) is 4.09. The minimum atomic E-state index is -1.54. The summed E-state index contributed by atoms with van der Waals surface area (Å²) in [6, 6.07) is 3.79. The monoisotopic (exact) mass is 292 g/mol. The summed E-state index contributed by atoms with van der Waals surface area (Å²) in [5.41, 5.74) is 3.12. The summed E-state index contributed by atoms with van der Waals surface area (Å²) in [5.74, 6) is 0. The molecule has 0 spiro atoms. The summed E-state index contributed by atoms with van der Waals surface area (Å²) in [4.78, 5) is 0. The first-order valence-corrected chi connectivity index (χ1v) is 11.2. The smallest absolute Gasteiger partial charge is 0.193 e. The van der Waals surface area contributed by atoms with E-state index in [1.54, 1.807) is 5.57 Å². The molecule has 0 aromatic rings. The maximum absolute atomic E-state index is 7.10. The fourth-order valence-corrected chi connectivity index (χ4v) is 7.16. The molecule has 0 heterocycles. The summed E-state index contributed by atoms with van der Waals surface area (Å²) < 4.78 is 7.10. The van der Waals surface area contributed by atoms with E-state index in [2.05, 4.69) is 39.8 Å². The van der Waals surface area contributed by atoms with Crippen molar-refractivity contribution in [3.63, 3.8) is 0 Å². The Hall–Kier alpha value is -0.343. The highest BCUT2D eigenvalue weighted by atomic mass is 28.4. The van der Waals surface area contributed by atoms with Crippen molar-refractivity contribution in [1.29, 1.82) is 0 Å². The van der Waals surface area contributed by atoms with Crippen LogP contribution in [0.5, 0.6) is 0 Å². The summed E-state index contributed by atoms with van der Waals surface area (Å²) in [5, 5.41) is 0. The molecule has 0 aliphatic heterocycles. The Kier molecular flexibility index (Phi) is 5.30. The quantitative estimate of drug-likeness (QED) is 0.566. The van der Waals surface area contributed by atoms with E-state index in [1.165, 1.54) is 62.2 Å². The van der Waals surface area contributed by atoms with Crippen molar-refractivity contribution in [2.24, 2.45) is 0 Å². The molecule has 0 amide bonds. The molecule has 20 heavy (non-hydrogen) atoms. The first-order chi connectivity index (χ1) is 9.61. The molecule has 2 rings (SSSR count). The predicted octanol–water partition coefficient (Wildman–Crippen LogP) is 5.99. The fraction of sp³-hybridized carbons (Fsp3) is 0.778. The van der Waals surface area contributed by atoms with Crippen LogP contribution in [0, 0.1) is 0 Å². The molecule has 0 fully saturated rings. The lowest BCUT2D eigenvalue weighted by Crippen LogP contribution is -2.49. The van der Waals surface area contributed by atoms with E-state index in [-0.39, 0.29) is 5.60 Å². The van der Waals surface area contributed by atoms with Crippen LogP contribution in [-0.2, 0) is 4.43 Å². The molecule has 0 saturated heterocycles. The number of rotatable bonds is 5. The Morgan fingerprint density at radius 1 is 1.00 bits per heavy atom. The second-order valence-corrected chi connectivity index (χ2v) is 11.3. The van der Waals surface area contributed by atoms with Crippen molar-refractivity contribution in [1.82, 2.24) is 0 Å². The van der Waals surface area contributed by atoms with Gasteiger partial charge in [0.05, 0.1) is 5.60 Å². The van der Waals surface area contributed by atoms with Crippen molar-refractivity contribution < 1.29 is 4.43 Å². The van der Waals surface area contributed by atoms with Crippen molar-refractivity contribution in [2.75, 3.05) is 0 Å². The molecule has 2 aliphatic rings. The number of hydrogen-bond donors (Lipinski definition) is 0. The minimum absolute atomic E-state index is 0.0730. The van der Waals surface area contributed by atoms with E-state index < -0.39 is 8.32 Å². The predicted molar refractivity (Wildman–Crippen MR) is 90.6 cm³/mol. The van der Waals surface area contributed by atoms with Gasteiger partial charge in [-0.15, -0.1) is 0 Å². The maximum atomic E-state index is 7.10. The van der Waals surface area contributed by atoms with Gasteiger partial charge in [0.1, 0.15) is 0 Å². The van der Waals surface area contributed by atoms with E-state index in [1.807, 2.05) is 0 Å². The van der Waals surface area contributed by atoms with Crippen molar-refractivity contribution in [2.45, 2.75) is 90.0 Å². The van der Waals surface area contributed by atoms with Gasteiger partial charge in [-0.25, -0.2) is 0 Å². The van der Waals surface area contributed by atoms with Crippen LogP contribution in [0.3, 0.4) is 0 Å². The summed E-state index contributed by atoms with van der Waals surface area (Å²) in [6.07, 6.45) is 12.5. The molecular weight excluding hydrogens is 260 g/mol. The molecule has 0 aromatic carbocycles. The number of hydrogen-bond acceptors (Lipinski definition) is 1. The van der Waals surface area contributed by atoms with Gasteiger partial charge >= 0.3 is 0 Å². The van der Waals surface area contributed by atoms with Crippen LogP contribution in [0.4, 0.5) is 0 Å². The standard InChI is InChI=1S/C18H32OSi/c1-5-20(6-2,7-3)19-18-14-10-8-12-16(4)17(18)13-9-11-15-18/h12-13H,5-11,14-15H2,1-4H3. The normalized spacial score (nSPS) is 27.4. The van der Waals surface area contributed by atoms with Gasteiger partial charge in [-0.1, -0.05) is 32.9 Å². The minimum Gasteiger partial charge on any atom is -0.407 e. The molecule has 0 bridgehead atoms. The highest BCUT2D eigenvalue weighted by molar-refractivity contribution is 6.73. The zero-order chi connectivity index (χ0) is 14.6. The summed E-state index contributed by atoms with van der Waals surface area (Å²) in [7, 11) is -1.54. The molecular formula is C18H32OSi. The molecule has 0 saturated carbocycles. The highest BCUT2D eigenvalue weighted by Gasteiger charge is 2.44. The van der Waals surface area contributed by atoms with Crippen molar-refractivity contribution in [3.05, 3.63) is 23.3 Å². The van der Waals surface area contributed by atoms with Crippen molar-refractivity contribution in [3.8, 4) is 0 Å². The van der Waals surface area contributed by atoms with E-state index in [0.717, 1.165) is 0 Å². The Morgan fingerprint density at radius 2 is 1.55 bits per heavy atom. The molecule has 1 atom stereocenters. The van der Waals surface area contributed by atoms with Crippen molar-refractivity contribution >= 4 is 8.32 Å². The average molecular weight is 293 g/mol. The van der Waals surface area contributed by atoms with Gasteiger partial charge in [0.2, 0.25) is 0 Å². The van der Waals surface area contributed by atoms with Gasteiger partial charge in [-0.05, 0) is 74.7 Å². The molecule has 2 heteroatoms. The maximum Gasteiger partial charge on any atom is 0.193 e. The first-order valence-electron chi connectivity index (χ1n) is 8.69. The van der Waals surface area contributed by atoms with Crippen LogP contribution in [0.1, 0.15) is 66.2 Å². The van der Waals surface area contributed by atoms with Gasteiger partial charge < -0.3 is 4.43 Å². The van der Waals surface area contributed by atoms with Gasteiger partial charge in [0, 0.05) is 0 Å². The first kappa shape index (κ1) is 16.0. The second kappa shape index (κ2) is 6.61. The van der Waals surface area contributed by atoms with E-state index in [4.69, 9.17) is 4.43 Å².